The number of anilines is 1. The molecule has 2 aromatic carbocycles. The molecule has 9 heteroatoms. The first-order chi connectivity index (χ1) is 13.2. The molecular weight excluding hydrogens is 423 g/mol. The van der Waals surface area contributed by atoms with Gasteiger partial charge in [0.1, 0.15) is 11.9 Å². The molecular formula is C19H22ClFN2O3S2. The quantitative estimate of drug-likeness (QED) is 0.599. The predicted molar refractivity (Wildman–Crippen MR) is 114 cm³/mol. The number of carbonyl (C=O) groups is 1. The average molecular weight is 445 g/mol. The van der Waals surface area contributed by atoms with Crippen LogP contribution < -0.4 is 9.62 Å². The van der Waals surface area contributed by atoms with Gasteiger partial charge in [-0.25, -0.2) is 12.8 Å². The number of benzene rings is 2. The summed E-state index contributed by atoms with van der Waals surface area (Å²) < 4.78 is 39.2. The average Bonchev–Trinajstić information content (AvgIpc) is 2.62. The molecule has 0 saturated heterocycles. The van der Waals surface area contributed by atoms with Crippen molar-refractivity contribution in [2.75, 3.05) is 22.9 Å². The van der Waals surface area contributed by atoms with Crippen LogP contribution in [0.15, 0.2) is 48.5 Å². The smallest absolute Gasteiger partial charge is 0.243 e. The van der Waals surface area contributed by atoms with Crippen LogP contribution in [-0.4, -0.2) is 38.9 Å². The van der Waals surface area contributed by atoms with E-state index in [1.165, 1.54) is 25.1 Å². The van der Waals surface area contributed by atoms with Crippen molar-refractivity contribution in [2.24, 2.45) is 0 Å². The second-order valence-corrected chi connectivity index (χ2v) is 9.56. The predicted octanol–water partition coefficient (Wildman–Crippen LogP) is 3.68. The van der Waals surface area contributed by atoms with E-state index in [4.69, 9.17) is 11.6 Å². The maximum absolute atomic E-state index is 14.1. The maximum atomic E-state index is 14.1. The van der Waals surface area contributed by atoms with Crippen molar-refractivity contribution >= 4 is 45.0 Å². The van der Waals surface area contributed by atoms with E-state index in [9.17, 15) is 17.6 Å². The van der Waals surface area contributed by atoms with Gasteiger partial charge in [0.2, 0.25) is 15.9 Å². The molecule has 1 atom stereocenters. The van der Waals surface area contributed by atoms with Crippen molar-refractivity contribution in [3.8, 4) is 0 Å². The molecule has 152 valence electrons. The van der Waals surface area contributed by atoms with Crippen molar-refractivity contribution in [3.63, 3.8) is 0 Å². The van der Waals surface area contributed by atoms with Gasteiger partial charge in [0.25, 0.3) is 0 Å². The van der Waals surface area contributed by atoms with Crippen LogP contribution in [0.3, 0.4) is 0 Å². The maximum Gasteiger partial charge on any atom is 0.243 e. The molecule has 0 aliphatic carbocycles. The third-order valence-corrected chi connectivity index (χ3v) is 6.37. The topological polar surface area (TPSA) is 66.5 Å². The van der Waals surface area contributed by atoms with Gasteiger partial charge in [-0.1, -0.05) is 35.9 Å². The van der Waals surface area contributed by atoms with E-state index in [0.29, 0.717) is 17.3 Å². The Kier molecular flexibility index (Phi) is 8.15. The molecule has 2 rings (SSSR count). The summed E-state index contributed by atoms with van der Waals surface area (Å²) in [5.74, 6) is 0.196. The molecule has 2 aromatic rings. The van der Waals surface area contributed by atoms with Crippen LogP contribution in [0.4, 0.5) is 10.1 Å². The zero-order valence-electron chi connectivity index (χ0n) is 15.6. The molecule has 0 radical (unpaired) electrons. The fraction of sp³-hybridized carbons (Fsp3) is 0.316. The van der Waals surface area contributed by atoms with Gasteiger partial charge < -0.3 is 5.32 Å². The van der Waals surface area contributed by atoms with Crippen LogP contribution in [0, 0.1) is 5.82 Å². The van der Waals surface area contributed by atoms with Crippen LogP contribution in [0.2, 0.25) is 5.02 Å². The van der Waals surface area contributed by atoms with E-state index in [0.717, 1.165) is 27.9 Å². The first kappa shape index (κ1) is 22.5. The van der Waals surface area contributed by atoms with Crippen LogP contribution in [-0.2, 0) is 20.6 Å². The summed E-state index contributed by atoms with van der Waals surface area (Å²) in [5, 5.41) is 3.38. The Bertz CT molecular complexity index is 925. The number of amides is 1. The number of nitrogens with one attached hydrogen (secondary N) is 1. The minimum Gasteiger partial charge on any atom is -0.353 e. The van der Waals surface area contributed by atoms with E-state index >= 15 is 0 Å². The Balaban J connectivity index is 1.92. The second-order valence-electron chi connectivity index (χ2n) is 6.16. The number of para-hydroxylation sites is 1. The Morgan fingerprint density at radius 3 is 2.61 bits per heavy atom. The van der Waals surface area contributed by atoms with Gasteiger partial charge >= 0.3 is 0 Å². The molecule has 28 heavy (non-hydrogen) atoms. The lowest BCUT2D eigenvalue weighted by Crippen LogP contribution is -2.48. The Labute approximate surface area is 174 Å². The molecule has 1 amide bonds. The summed E-state index contributed by atoms with van der Waals surface area (Å²) in [5.41, 5.74) is 0.933. The van der Waals surface area contributed by atoms with Crippen LogP contribution in [0.1, 0.15) is 12.5 Å². The van der Waals surface area contributed by atoms with Gasteiger partial charge in [0.05, 0.1) is 11.9 Å². The monoisotopic (exact) mass is 444 g/mol. The number of rotatable bonds is 9. The third kappa shape index (κ3) is 6.39. The number of nitrogens with zero attached hydrogens (tertiary/aromatic N) is 1. The van der Waals surface area contributed by atoms with Gasteiger partial charge in [0, 0.05) is 23.1 Å². The van der Waals surface area contributed by atoms with Gasteiger partial charge in [-0.3, -0.25) is 9.10 Å². The molecule has 5 nitrogen and oxygen atoms in total. The number of carbonyl (C=O) groups excluding carboxylic acids is 1. The first-order valence-electron chi connectivity index (χ1n) is 8.54. The van der Waals surface area contributed by atoms with E-state index in [2.05, 4.69) is 5.32 Å². The summed E-state index contributed by atoms with van der Waals surface area (Å²) >= 11 is 7.56. The van der Waals surface area contributed by atoms with Crippen molar-refractivity contribution in [1.29, 1.82) is 0 Å². The van der Waals surface area contributed by atoms with Gasteiger partial charge in [-0.2, -0.15) is 11.8 Å². The Morgan fingerprint density at radius 1 is 1.25 bits per heavy atom. The minimum atomic E-state index is -3.85. The molecule has 0 aliphatic heterocycles. The van der Waals surface area contributed by atoms with Crippen LogP contribution in [0.25, 0.3) is 0 Å². The van der Waals surface area contributed by atoms with Crippen molar-refractivity contribution in [1.82, 2.24) is 5.32 Å². The normalized spacial score (nSPS) is 12.4. The van der Waals surface area contributed by atoms with Crippen molar-refractivity contribution < 1.29 is 17.6 Å². The number of thioether (sulfide) groups is 1. The van der Waals surface area contributed by atoms with Gasteiger partial charge in [0.15, 0.2) is 0 Å². The lowest BCUT2D eigenvalue weighted by atomic mass is 10.2. The highest BCUT2D eigenvalue weighted by Gasteiger charge is 2.30. The number of sulfonamides is 1. The van der Waals surface area contributed by atoms with Crippen LogP contribution >= 0.6 is 23.4 Å². The van der Waals surface area contributed by atoms with E-state index < -0.39 is 27.8 Å². The molecule has 0 aromatic heterocycles. The number of hydrogen-bond acceptors (Lipinski definition) is 4. The van der Waals surface area contributed by atoms with Gasteiger partial charge in [-0.15, -0.1) is 0 Å². The fourth-order valence-corrected chi connectivity index (χ4v) is 4.82. The lowest BCUT2D eigenvalue weighted by molar-refractivity contribution is -0.121. The zero-order valence-corrected chi connectivity index (χ0v) is 18.0. The standard InChI is InChI=1S/C19H22ClFN2O3S2/c1-14(23(28(2,25)26)18-9-4-3-8-17(18)21)19(24)22-10-11-27-13-15-6-5-7-16(20)12-15/h3-9,12,14H,10-11,13H2,1-2H3,(H,22,24)/t14-/m1/s1. The van der Waals surface area contributed by atoms with Crippen molar-refractivity contribution in [2.45, 2.75) is 18.7 Å². The summed E-state index contributed by atoms with van der Waals surface area (Å²) in [6.45, 7) is 1.80. The Morgan fingerprint density at radius 2 is 1.96 bits per heavy atom. The minimum absolute atomic E-state index is 0.150. The highest BCUT2D eigenvalue weighted by Crippen LogP contribution is 2.24. The molecule has 0 aliphatic rings. The summed E-state index contributed by atoms with van der Waals surface area (Å²) in [6.07, 6.45) is 0.948. The zero-order chi connectivity index (χ0) is 20.7. The molecule has 0 fully saturated rings. The van der Waals surface area contributed by atoms with E-state index in [-0.39, 0.29) is 5.69 Å². The first-order valence-corrected chi connectivity index (χ1v) is 11.9. The molecule has 0 heterocycles. The SMILES string of the molecule is C[C@H](C(=O)NCCSCc1cccc(Cl)c1)N(c1ccccc1F)S(C)(=O)=O. The Hall–Kier alpha value is -1.77. The number of halogens is 2. The van der Waals surface area contributed by atoms with Gasteiger partial charge in [-0.05, 0) is 36.8 Å². The molecule has 0 spiro atoms. The van der Waals surface area contributed by atoms with E-state index in [1.54, 1.807) is 17.8 Å². The third-order valence-electron chi connectivity index (χ3n) is 3.88. The molecule has 1 N–H and O–H groups in total. The number of hydrogen-bond donors (Lipinski definition) is 1. The second kappa shape index (κ2) is 10.1. The highest BCUT2D eigenvalue weighted by molar-refractivity contribution is 7.98. The largest absolute Gasteiger partial charge is 0.353 e. The molecule has 0 bridgehead atoms. The summed E-state index contributed by atoms with van der Waals surface area (Å²) in [6, 6.07) is 11.9. The lowest BCUT2D eigenvalue weighted by Gasteiger charge is -2.28. The summed E-state index contributed by atoms with van der Waals surface area (Å²) in [7, 11) is -3.85. The van der Waals surface area contributed by atoms with Crippen LogP contribution in [0.5, 0.6) is 0 Å². The molecule has 0 unspecified atom stereocenters. The fourth-order valence-electron chi connectivity index (χ4n) is 2.62. The molecule has 0 saturated carbocycles. The summed E-state index contributed by atoms with van der Waals surface area (Å²) in [4.78, 5) is 12.4. The van der Waals surface area contributed by atoms with E-state index in [1.807, 2.05) is 18.2 Å². The highest BCUT2D eigenvalue weighted by atomic mass is 35.5. The van der Waals surface area contributed by atoms with Crippen molar-refractivity contribution in [3.05, 3.63) is 64.9 Å².